The molecule has 2 fully saturated rings. The van der Waals surface area contributed by atoms with E-state index in [-0.39, 0.29) is 41.4 Å². The van der Waals surface area contributed by atoms with Crippen LogP contribution in [0.1, 0.15) is 73.4 Å². The lowest BCUT2D eigenvalue weighted by Gasteiger charge is -2.60. The summed E-state index contributed by atoms with van der Waals surface area (Å²) in [5, 5.41) is 0. The van der Waals surface area contributed by atoms with Crippen LogP contribution in [0.2, 0.25) is 0 Å². The van der Waals surface area contributed by atoms with Gasteiger partial charge in [0.25, 0.3) is 5.91 Å². The Hall–Kier alpha value is -4.28. The second kappa shape index (κ2) is 13.2. The van der Waals surface area contributed by atoms with Gasteiger partial charge in [-0.25, -0.2) is 0 Å². The highest BCUT2D eigenvalue weighted by Crippen LogP contribution is 2.65. The number of aryl methyl sites for hydroxylation is 2. The largest absolute Gasteiger partial charge is 0.493 e. The van der Waals surface area contributed by atoms with E-state index in [0.717, 1.165) is 73.2 Å². The Labute approximate surface area is 290 Å². The van der Waals surface area contributed by atoms with E-state index < -0.39 is 0 Å². The summed E-state index contributed by atoms with van der Waals surface area (Å²) < 4.78 is 19.0. The van der Waals surface area contributed by atoms with Crippen molar-refractivity contribution in [2.45, 2.75) is 90.3 Å². The van der Waals surface area contributed by atoms with Gasteiger partial charge in [-0.2, -0.15) is 0 Å². The van der Waals surface area contributed by atoms with Crippen LogP contribution >= 0.6 is 0 Å². The lowest BCUT2D eigenvalue weighted by atomic mass is 9.50. The number of hydrogen-bond donors (Lipinski definition) is 0. The first-order valence-corrected chi connectivity index (χ1v) is 17.9. The molecule has 2 aliphatic heterocycles. The molecule has 49 heavy (non-hydrogen) atoms. The summed E-state index contributed by atoms with van der Waals surface area (Å²) in [5.41, 5.74) is 6.40. The molecule has 0 N–H and O–H groups in total. The summed E-state index contributed by atoms with van der Waals surface area (Å²) in [7, 11) is 1.64. The molecule has 256 valence electrons. The summed E-state index contributed by atoms with van der Waals surface area (Å²) in [5.74, 6) is 8.18. The van der Waals surface area contributed by atoms with E-state index in [9.17, 15) is 9.59 Å². The van der Waals surface area contributed by atoms with E-state index in [1.165, 1.54) is 18.1 Å². The van der Waals surface area contributed by atoms with Gasteiger partial charge in [-0.05, 0) is 93.2 Å². The minimum atomic E-state index is -0.350. The Morgan fingerprint density at radius 2 is 1.86 bits per heavy atom. The molecule has 4 aliphatic rings. The molecule has 2 heterocycles. The van der Waals surface area contributed by atoms with Gasteiger partial charge in [0.15, 0.2) is 11.5 Å². The van der Waals surface area contributed by atoms with Gasteiger partial charge in [0.2, 0.25) is 0 Å². The van der Waals surface area contributed by atoms with Gasteiger partial charge in [0.05, 0.1) is 13.2 Å². The number of carbonyl (C=O) groups excluding carboxylic acids is 2. The van der Waals surface area contributed by atoms with Crippen LogP contribution in [0, 0.1) is 37.5 Å². The lowest BCUT2D eigenvalue weighted by molar-refractivity contribution is -0.138. The molecular weight excluding hydrogens is 612 g/mol. The Morgan fingerprint density at radius 1 is 1.06 bits per heavy atom. The summed E-state index contributed by atoms with van der Waals surface area (Å²) in [4.78, 5) is 31.2. The normalized spacial score (nSPS) is 24.7. The molecule has 7 heteroatoms. The van der Waals surface area contributed by atoms with E-state index >= 15 is 0 Å². The first-order chi connectivity index (χ1) is 23.6. The van der Waals surface area contributed by atoms with Crippen molar-refractivity contribution >= 4 is 11.9 Å². The molecule has 1 saturated heterocycles. The first-order valence-electron chi connectivity index (χ1n) is 17.9. The van der Waals surface area contributed by atoms with Gasteiger partial charge in [-0.3, -0.25) is 14.5 Å². The minimum absolute atomic E-state index is 0.156. The minimum Gasteiger partial charge on any atom is -0.493 e. The van der Waals surface area contributed by atoms with E-state index in [1.54, 1.807) is 7.11 Å². The maximum Gasteiger partial charge on any atom is 0.308 e. The molecule has 5 atom stereocenters. The van der Waals surface area contributed by atoms with Crippen LogP contribution in [-0.4, -0.2) is 66.6 Å². The van der Waals surface area contributed by atoms with E-state index in [1.807, 2.05) is 23.1 Å². The number of piperidine rings is 1. The molecule has 1 amide bonds. The fraction of sp³-hybridized carbons (Fsp3) is 0.476. The zero-order valence-corrected chi connectivity index (χ0v) is 29.7. The van der Waals surface area contributed by atoms with Crippen molar-refractivity contribution in [3.63, 3.8) is 0 Å². The van der Waals surface area contributed by atoms with Gasteiger partial charge in [-0.1, -0.05) is 56.2 Å². The van der Waals surface area contributed by atoms with Crippen LogP contribution in [0.5, 0.6) is 17.2 Å². The predicted molar refractivity (Wildman–Crippen MR) is 190 cm³/mol. The Kier molecular flexibility index (Phi) is 8.96. The van der Waals surface area contributed by atoms with Crippen molar-refractivity contribution in [1.29, 1.82) is 0 Å². The molecule has 2 bridgehead atoms. The van der Waals surface area contributed by atoms with Crippen LogP contribution < -0.4 is 14.2 Å². The molecule has 3 aromatic rings. The second-order valence-electron chi connectivity index (χ2n) is 14.9. The molecule has 0 unspecified atom stereocenters. The summed E-state index contributed by atoms with van der Waals surface area (Å²) in [6, 6.07) is 18.7. The third-order valence-electron chi connectivity index (χ3n) is 11.5. The van der Waals surface area contributed by atoms with Crippen molar-refractivity contribution in [3.05, 3.63) is 88.0 Å². The number of ether oxygens (including phenoxy) is 3. The van der Waals surface area contributed by atoms with Crippen molar-refractivity contribution in [2.75, 3.05) is 26.7 Å². The highest BCUT2D eigenvalue weighted by molar-refractivity contribution is 5.94. The Balaban J connectivity index is 1.29. The van der Waals surface area contributed by atoms with E-state index in [4.69, 9.17) is 14.2 Å². The van der Waals surface area contributed by atoms with Gasteiger partial charge >= 0.3 is 5.97 Å². The number of carbonyl (C=O) groups is 2. The summed E-state index contributed by atoms with van der Waals surface area (Å²) in [6.07, 6.45) is 4.22. The first kappa shape index (κ1) is 33.2. The molecule has 7 nitrogen and oxygen atoms in total. The fourth-order valence-corrected chi connectivity index (χ4v) is 9.33. The third-order valence-corrected chi connectivity index (χ3v) is 11.5. The van der Waals surface area contributed by atoms with Crippen molar-refractivity contribution in [2.24, 2.45) is 11.8 Å². The quantitative estimate of drug-likeness (QED) is 0.158. The van der Waals surface area contributed by atoms with Gasteiger partial charge in [0.1, 0.15) is 11.9 Å². The van der Waals surface area contributed by atoms with Crippen molar-refractivity contribution in [3.8, 4) is 29.1 Å². The van der Waals surface area contributed by atoms with Crippen LogP contribution in [0.25, 0.3) is 0 Å². The van der Waals surface area contributed by atoms with Crippen LogP contribution in [-0.2, 0) is 27.8 Å². The van der Waals surface area contributed by atoms with Gasteiger partial charge in [-0.15, -0.1) is 0 Å². The monoisotopic (exact) mass is 660 g/mol. The zero-order chi connectivity index (χ0) is 34.4. The van der Waals surface area contributed by atoms with Crippen LogP contribution in [0.15, 0.2) is 54.6 Å². The summed E-state index contributed by atoms with van der Waals surface area (Å²) >= 11 is 0. The maximum atomic E-state index is 14.2. The molecule has 0 radical (unpaired) electrons. The third kappa shape index (κ3) is 5.88. The molecule has 7 rings (SSSR count). The number of methoxy groups -OCH3 is 1. The van der Waals surface area contributed by atoms with Crippen LogP contribution in [0.4, 0.5) is 0 Å². The van der Waals surface area contributed by atoms with Gasteiger partial charge in [0, 0.05) is 60.1 Å². The number of amides is 1. The smallest absolute Gasteiger partial charge is 0.308 e. The number of likely N-dealkylation sites (tertiary alicyclic amines) is 1. The average Bonchev–Trinajstić information content (AvgIpc) is 3.42. The molecule has 1 spiro atoms. The number of hydrogen-bond acceptors (Lipinski definition) is 6. The number of rotatable bonds is 8. The standard InChI is InChI=1S/C42H48N2O5/c1-26(2)25-44(38(46)17-14-31-13-12-27(3)28(4)22-31)34-16-15-33-35-23-32-36(48-29(5)45)24-37(47-6)40-39(32)42(33,41(34)49-40)19-21-43(35)20-18-30-10-8-7-9-11-30/h7-13,22,24,26,33-35,41H,15-16,18-21,23,25H2,1-6H3/t33-,34-,35+,41-,42-/m0/s1. The predicted octanol–water partition coefficient (Wildman–Crippen LogP) is 6.42. The lowest BCUT2D eigenvalue weighted by Crippen LogP contribution is -2.69. The van der Waals surface area contributed by atoms with E-state index in [2.05, 4.69) is 80.8 Å². The topological polar surface area (TPSA) is 68.3 Å². The second-order valence-corrected chi connectivity index (χ2v) is 14.9. The molecule has 0 aromatic heterocycles. The maximum absolute atomic E-state index is 14.2. The number of nitrogens with zero attached hydrogens (tertiary/aromatic N) is 2. The highest BCUT2D eigenvalue weighted by Gasteiger charge is 2.67. The van der Waals surface area contributed by atoms with Gasteiger partial charge < -0.3 is 19.1 Å². The van der Waals surface area contributed by atoms with Crippen LogP contribution in [0.3, 0.4) is 0 Å². The molecular formula is C42H48N2O5. The molecule has 2 aliphatic carbocycles. The number of esters is 1. The average molecular weight is 661 g/mol. The summed E-state index contributed by atoms with van der Waals surface area (Å²) in [6.45, 7) is 12.4. The van der Waals surface area contributed by atoms with Crippen molar-refractivity contribution < 1.29 is 23.8 Å². The number of benzene rings is 3. The Morgan fingerprint density at radius 3 is 2.57 bits per heavy atom. The zero-order valence-electron chi connectivity index (χ0n) is 29.7. The Bertz CT molecular complexity index is 1820. The SMILES string of the molecule is COc1cc(OC(C)=O)c2c3c1O[C@H]1[C@@H](N(CC(C)C)C(=O)C#Cc4ccc(C)c(C)c4)CC[C@H]4[C@@H](C2)N(CCc2ccccc2)CC[C@@]341. The highest BCUT2D eigenvalue weighted by atomic mass is 16.5. The van der Waals surface area contributed by atoms with E-state index in [0.29, 0.717) is 24.0 Å². The molecule has 3 aromatic carbocycles. The fourth-order valence-electron chi connectivity index (χ4n) is 9.33. The van der Waals surface area contributed by atoms with Crippen molar-refractivity contribution in [1.82, 2.24) is 9.80 Å². The molecule has 1 saturated carbocycles.